The largest absolute Gasteiger partial charge is 0.384 e. The number of thiophene rings is 1. The van der Waals surface area contributed by atoms with Crippen molar-refractivity contribution in [2.75, 3.05) is 4.90 Å². The molecule has 0 saturated heterocycles. The molecule has 3 heterocycles. The van der Waals surface area contributed by atoms with Crippen molar-refractivity contribution in [3.63, 3.8) is 0 Å². The lowest BCUT2D eigenvalue weighted by Crippen LogP contribution is -2.42. The minimum absolute atomic E-state index is 0.0530. The van der Waals surface area contributed by atoms with Gasteiger partial charge in [0.2, 0.25) is 5.95 Å². The number of ketones is 1. The summed E-state index contributed by atoms with van der Waals surface area (Å²) in [6.45, 7) is 4.12. The van der Waals surface area contributed by atoms with Crippen LogP contribution in [0, 0.1) is 16.7 Å². The van der Waals surface area contributed by atoms with Crippen LogP contribution in [0.2, 0.25) is 0 Å². The predicted molar refractivity (Wildman–Crippen MR) is 97.8 cm³/mol. The van der Waals surface area contributed by atoms with Gasteiger partial charge in [0.25, 0.3) is 0 Å². The highest BCUT2D eigenvalue weighted by atomic mass is 32.1. The summed E-state index contributed by atoms with van der Waals surface area (Å²) in [5.41, 5.74) is 8.95. The van der Waals surface area contributed by atoms with Crippen molar-refractivity contribution < 1.29 is 4.79 Å². The van der Waals surface area contributed by atoms with Gasteiger partial charge in [-0.2, -0.15) is 26.7 Å². The van der Waals surface area contributed by atoms with E-state index in [0.29, 0.717) is 35.8 Å². The highest BCUT2D eigenvalue weighted by Gasteiger charge is 2.45. The van der Waals surface area contributed by atoms with Crippen LogP contribution in [0.25, 0.3) is 0 Å². The van der Waals surface area contributed by atoms with Gasteiger partial charge in [-0.05, 0) is 34.2 Å². The van der Waals surface area contributed by atoms with Crippen LogP contribution in [0.3, 0.4) is 0 Å². The van der Waals surface area contributed by atoms with Crippen LogP contribution in [-0.2, 0) is 4.79 Å². The summed E-state index contributed by atoms with van der Waals surface area (Å²) in [6, 6.07) is 4.17. The van der Waals surface area contributed by atoms with E-state index in [4.69, 9.17) is 5.73 Å². The summed E-state index contributed by atoms with van der Waals surface area (Å²) < 4.78 is 0. The lowest BCUT2D eigenvalue weighted by atomic mass is 9.69. The smallest absolute Gasteiger partial charge is 0.231 e. The molecule has 132 valence electrons. The molecule has 0 unspecified atom stereocenters. The highest BCUT2D eigenvalue weighted by molar-refractivity contribution is 7.08. The van der Waals surface area contributed by atoms with E-state index < -0.39 is 5.92 Å². The van der Waals surface area contributed by atoms with Crippen molar-refractivity contribution in [1.29, 1.82) is 5.26 Å². The van der Waals surface area contributed by atoms with Gasteiger partial charge in [0, 0.05) is 17.7 Å². The van der Waals surface area contributed by atoms with Gasteiger partial charge in [-0.15, -0.1) is 0 Å². The highest BCUT2D eigenvalue weighted by Crippen LogP contribution is 2.49. The van der Waals surface area contributed by atoms with Crippen molar-refractivity contribution in [3.8, 4) is 6.07 Å². The average molecular weight is 366 g/mol. The Bertz CT molecular complexity index is 962. The van der Waals surface area contributed by atoms with E-state index in [1.807, 2.05) is 16.8 Å². The second-order valence-corrected chi connectivity index (χ2v) is 8.13. The number of nitrogens with two attached hydrogens (primary N) is 1. The van der Waals surface area contributed by atoms with Crippen LogP contribution >= 0.6 is 11.3 Å². The summed E-state index contributed by atoms with van der Waals surface area (Å²) >= 11 is 1.54. The van der Waals surface area contributed by atoms with Crippen LogP contribution < -0.4 is 10.6 Å². The van der Waals surface area contributed by atoms with Gasteiger partial charge in [-0.3, -0.25) is 9.69 Å². The number of nitriles is 1. The van der Waals surface area contributed by atoms with Crippen LogP contribution in [0.4, 0.5) is 5.95 Å². The van der Waals surface area contributed by atoms with Gasteiger partial charge in [0.15, 0.2) is 5.78 Å². The van der Waals surface area contributed by atoms with Crippen molar-refractivity contribution in [2.45, 2.75) is 32.6 Å². The number of hydrogen-bond acceptors (Lipinski definition) is 7. The Labute approximate surface area is 154 Å². The number of allylic oxidation sites excluding steroid dienone is 3. The van der Waals surface area contributed by atoms with Crippen LogP contribution in [0.15, 0.2) is 45.8 Å². The molecule has 0 spiro atoms. The fraction of sp³-hybridized carbons (Fsp3) is 0.333. The molecule has 4 rings (SSSR count). The molecule has 0 amide bonds. The number of aromatic nitrogens is 3. The molecule has 2 aromatic heterocycles. The second kappa shape index (κ2) is 5.81. The quantitative estimate of drug-likeness (QED) is 0.845. The molecular formula is C18H18N6OS. The molecule has 8 heteroatoms. The summed E-state index contributed by atoms with van der Waals surface area (Å²) in [7, 11) is 0. The number of hydrogen-bond donors (Lipinski definition) is 2. The van der Waals surface area contributed by atoms with E-state index in [9.17, 15) is 10.1 Å². The third-order valence-electron chi connectivity index (χ3n) is 4.87. The molecule has 2 aromatic rings. The minimum atomic E-state index is -0.427. The first-order valence-corrected chi connectivity index (χ1v) is 9.21. The molecule has 1 aliphatic carbocycles. The summed E-state index contributed by atoms with van der Waals surface area (Å²) in [6.07, 6.45) is 2.49. The first-order chi connectivity index (χ1) is 12.4. The zero-order valence-electron chi connectivity index (χ0n) is 14.5. The van der Waals surface area contributed by atoms with E-state index in [-0.39, 0.29) is 11.2 Å². The Kier molecular flexibility index (Phi) is 3.70. The SMILES string of the molecule is CC1(C)CC(=O)C2=C(C1)N(c1ncn[nH]1)C(N)=C(C#N)[C@@H]2c1ccsc1. The van der Waals surface area contributed by atoms with E-state index in [1.54, 1.807) is 4.90 Å². The maximum atomic E-state index is 13.1. The molecule has 0 radical (unpaired) electrons. The first kappa shape index (κ1) is 16.5. The first-order valence-electron chi connectivity index (χ1n) is 8.26. The number of Topliss-reactive ketones (excluding diaryl/α,β-unsaturated/α-hetero) is 1. The predicted octanol–water partition coefficient (Wildman–Crippen LogP) is 2.81. The number of nitrogens with zero attached hydrogens (tertiary/aromatic N) is 4. The number of anilines is 1. The molecule has 7 nitrogen and oxygen atoms in total. The topological polar surface area (TPSA) is 112 Å². The molecule has 26 heavy (non-hydrogen) atoms. The van der Waals surface area contributed by atoms with Crippen molar-refractivity contribution >= 4 is 23.1 Å². The normalized spacial score (nSPS) is 22.4. The fourth-order valence-electron chi connectivity index (χ4n) is 3.83. The maximum Gasteiger partial charge on any atom is 0.231 e. The summed E-state index contributed by atoms with van der Waals surface area (Å²) in [4.78, 5) is 19.0. The second-order valence-electron chi connectivity index (χ2n) is 7.35. The number of rotatable bonds is 2. The van der Waals surface area contributed by atoms with Crippen LogP contribution in [0.1, 0.15) is 38.2 Å². The Hall–Kier alpha value is -2.92. The summed E-state index contributed by atoms with van der Waals surface area (Å²) in [5.74, 6) is 0.336. The van der Waals surface area contributed by atoms with Gasteiger partial charge >= 0.3 is 0 Å². The van der Waals surface area contributed by atoms with Crippen LogP contribution in [0.5, 0.6) is 0 Å². The van der Waals surface area contributed by atoms with Gasteiger partial charge in [0.05, 0.1) is 17.6 Å². The molecule has 0 fully saturated rings. The molecule has 3 N–H and O–H groups in total. The van der Waals surface area contributed by atoms with E-state index in [2.05, 4.69) is 35.1 Å². The number of H-pyrrole nitrogens is 1. The number of nitrogens with one attached hydrogen (secondary N) is 1. The molecule has 0 bridgehead atoms. The van der Waals surface area contributed by atoms with E-state index in [1.165, 1.54) is 17.7 Å². The molecule has 1 aliphatic heterocycles. The zero-order valence-corrected chi connectivity index (χ0v) is 15.3. The Morgan fingerprint density at radius 2 is 2.27 bits per heavy atom. The van der Waals surface area contributed by atoms with E-state index in [0.717, 1.165) is 11.3 Å². The van der Waals surface area contributed by atoms with Crippen molar-refractivity contribution in [1.82, 2.24) is 15.2 Å². The Balaban J connectivity index is 1.99. The van der Waals surface area contributed by atoms with Crippen LogP contribution in [-0.4, -0.2) is 21.0 Å². The number of carbonyl (C=O) groups excluding carboxylic acids is 1. The molecular weight excluding hydrogens is 348 g/mol. The Morgan fingerprint density at radius 3 is 2.88 bits per heavy atom. The van der Waals surface area contributed by atoms with Gasteiger partial charge < -0.3 is 5.73 Å². The molecule has 0 aromatic carbocycles. The molecule has 2 aliphatic rings. The Morgan fingerprint density at radius 1 is 1.46 bits per heavy atom. The monoisotopic (exact) mass is 366 g/mol. The van der Waals surface area contributed by atoms with Gasteiger partial charge in [0.1, 0.15) is 12.1 Å². The number of carbonyl (C=O) groups is 1. The third kappa shape index (κ3) is 2.44. The number of aromatic amines is 1. The zero-order chi connectivity index (χ0) is 18.5. The lowest BCUT2D eigenvalue weighted by molar-refractivity contribution is -0.118. The van der Waals surface area contributed by atoms with Gasteiger partial charge in [-0.25, -0.2) is 5.10 Å². The standard InChI is InChI=1S/C18H18N6OS/c1-18(2)5-12-15(13(25)6-18)14(10-3-4-26-8-10)11(7-19)16(20)24(12)17-21-9-22-23-17/h3-4,8-9,14H,5-6,20H2,1-2H3,(H,21,22,23)/t14-/m0/s1. The average Bonchev–Trinajstić information content (AvgIpc) is 3.26. The minimum Gasteiger partial charge on any atom is -0.384 e. The lowest BCUT2D eigenvalue weighted by Gasteiger charge is -2.42. The fourth-order valence-corrected chi connectivity index (χ4v) is 4.52. The third-order valence-corrected chi connectivity index (χ3v) is 5.57. The van der Waals surface area contributed by atoms with Gasteiger partial charge in [-0.1, -0.05) is 13.8 Å². The molecule has 1 atom stereocenters. The molecule has 0 saturated carbocycles. The van der Waals surface area contributed by atoms with Crippen molar-refractivity contribution in [2.24, 2.45) is 11.1 Å². The van der Waals surface area contributed by atoms with Crippen molar-refractivity contribution in [3.05, 3.63) is 51.4 Å². The summed E-state index contributed by atoms with van der Waals surface area (Å²) in [5, 5.41) is 20.5. The maximum absolute atomic E-state index is 13.1. The van der Waals surface area contributed by atoms with E-state index >= 15 is 0 Å².